The van der Waals surface area contributed by atoms with Crippen molar-refractivity contribution in [3.8, 4) is 0 Å². The zero-order valence-corrected chi connectivity index (χ0v) is 12.3. The Bertz CT molecular complexity index is 507. The smallest absolute Gasteiger partial charge is 0.317 e. The van der Waals surface area contributed by atoms with Crippen molar-refractivity contribution >= 4 is 23.3 Å². The van der Waals surface area contributed by atoms with Gasteiger partial charge in [0.2, 0.25) is 0 Å². The van der Waals surface area contributed by atoms with Gasteiger partial charge in [0, 0.05) is 22.8 Å². The van der Waals surface area contributed by atoms with E-state index in [0.717, 1.165) is 5.69 Å². The molecule has 1 fully saturated rings. The third-order valence-electron chi connectivity index (χ3n) is 3.31. The Morgan fingerprint density at radius 3 is 2.63 bits per heavy atom. The number of carbonyl (C=O) groups is 1. The van der Waals surface area contributed by atoms with E-state index in [0.29, 0.717) is 11.6 Å². The fraction of sp³-hybridized carbons (Fsp3) is 0.400. The molecule has 0 aromatic heterocycles. The maximum Gasteiger partial charge on any atom is 0.325 e. The molecule has 1 unspecified atom stereocenters. The van der Waals surface area contributed by atoms with Crippen LogP contribution >= 0.6 is 11.6 Å². The fourth-order valence-electron chi connectivity index (χ4n) is 2.29. The first-order valence-electron chi connectivity index (χ1n) is 6.33. The van der Waals surface area contributed by atoms with Crippen LogP contribution in [0.2, 0.25) is 5.02 Å². The van der Waals surface area contributed by atoms with E-state index in [2.05, 4.69) is 6.58 Å². The number of rotatable bonds is 2. The first-order valence-corrected chi connectivity index (χ1v) is 6.71. The molecule has 19 heavy (non-hydrogen) atoms. The summed E-state index contributed by atoms with van der Waals surface area (Å²) in [4.78, 5) is 16.2. The highest BCUT2D eigenvalue weighted by Crippen LogP contribution is 2.31. The summed E-state index contributed by atoms with van der Waals surface area (Å²) in [5.41, 5.74) is 0.611. The number of hydrogen-bond acceptors (Lipinski definition) is 1. The second-order valence-electron chi connectivity index (χ2n) is 5.72. The Morgan fingerprint density at radius 1 is 1.42 bits per heavy atom. The van der Waals surface area contributed by atoms with E-state index in [-0.39, 0.29) is 17.6 Å². The second kappa shape index (κ2) is 4.89. The third kappa shape index (κ3) is 2.61. The van der Waals surface area contributed by atoms with E-state index < -0.39 is 0 Å². The highest BCUT2D eigenvalue weighted by atomic mass is 35.5. The quantitative estimate of drug-likeness (QED) is 0.752. The van der Waals surface area contributed by atoms with Crippen LogP contribution in [0.25, 0.3) is 0 Å². The normalized spacial score (nSPS) is 20.0. The van der Waals surface area contributed by atoms with Gasteiger partial charge in [-0.05, 0) is 39.0 Å². The summed E-state index contributed by atoms with van der Waals surface area (Å²) >= 11 is 6.01. The molecular weight excluding hydrogens is 260 g/mol. The topological polar surface area (TPSA) is 23.6 Å². The number of carbonyl (C=O) groups excluding carboxylic acids is 1. The minimum absolute atomic E-state index is 0.000309. The molecule has 1 heterocycles. The molecule has 4 heteroatoms. The Morgan fingerprint density at radius 2 is 2.11 bits per heavy atom. The Balaban J connectivity index is 2.39. The minimum atomic E-state index is -0.203. The van der Waals surface area contributed by atoms with Crippen molar-refractivity contribution in [1.82, 2.24) is 4.90 Å². The standard InChI is InChI=1S/C15H19ClN2O/c1-5-12-10-17(15(2,3)4)14(19)18(12)13-8-6-7-11(16)9-13/h5-9,12H,1,10H2,2-4H3. The molecule has 0 saturated carbocycles. The number of benzene rings is 1. The molecule has 1 aromatic carbocycles. The molecular formula is C15H19ClN2O. The highest BCUT2D eigenvalue weighted by Gasteiger charge is 2.41. The van der Waals surface area contributed by atoms with Crippen LogP contribution in [0, 0.1) is 0 Å². The van der Waals surface area contributed by atoms with Gasteiger partial charge >= 0.3 is 6.03 Å². The van der Waals surface area contributed by atoms with E-state index in [1.807, 2.05) is 49.9 Å². The largest absolute Gasteiger partial charge is 0.325 e. The molecule has 2 amide bonds. The highest BCUT2D eigenvalue weighted by molar-refractivity contribution is 6.30. The first-order chi connectivity index (χ1) is 8.84. The van der Waals surface area contributed by atoms with Crippen LogP contribution in [0.15, 0.2) is 36.9 Å². The van der Waals surface area contributed by atoms with Crippen LogP contribution in [0.4, 0.5) is 10.5 Å². The van der Waals surface area contributed by atoms with Crippen LogP contribution in [0.3, 0.4) is 0 Å². The van der Waals surface area contributed by atoms with Crippen LogP contribution < -0.4 is 4.90 Å². The number of nitrogens with zero attached hydrogens (tertiary/aromatic N) is 2. The molecule has 0 spiro atoms. The molecule has 0 N–H and O–H groups in total. The average molecular weight is 279 g/mol. The second-order valence-corrected chi connectivity index (χ2v) is 6.15. The van der Waals surface area contributed by atoms with Crippen molar-refractivity contribution < 1.29 is 4.79 Å². The SMILES string of the molecule is C=CC1CN(C(C)(C)C)C(=O)N1c1cccc(Cl)c1. The van der Waals surface area contributed by atoms with E-state index >= 15 is 0 Å². The lowest BCUT2D eigenvalue weighted by atomic mass is 10.1. The predicted molar refractivity (Wildman–Crippen MR) is 79.8 cm³/mol. The molecule has 102 valence electrons. The molecule has 0 radical (unpaired) electrons. The van der Waals surface area contributed by atoms with Gasteiger partial charge in [0.15, 0.2) is 0 Å². The monoisotopic (exact) mass is 278 g/mol. The number of amides is 2. The van der Waals surface area contributed by atoms with Crippen LogP contribution in [-0.2, 0) is 0 Å². The summed E-state index contributed by atoms with van der Waals surface area (Å²) in [6.45, 7) is 10.6. The first kappa shape index (κ1) is 13.9. The van der Waals surface area contributed by atoms with E-state index in [9.17, 15) is 4.79 Å². The van der Waals surface area contributed by atoms with Crippen LogP contribution in [-0.4, -0.2) is 29.1 Å². The molecule has 0 aliphatic carbocycles. The summed E-state index contributed by atoms with van der Waals surface area (Å²) in [6.07, 6.45) is 1.81. The number of urea groups is 1. The number of anilines is 1. The lowest BCUT2D eigenvalue weighted by Gasteiger charge is -2.31. The molecule has 0 bridgehead atoms. The molecule has 1 aliphatic heterocycles. The Kier molecular flexibility index (Phi) is 3.59. The zero-order chi connectivity index (χ0) is 14.2. The van der Waals surface area contributed by atoms with Crippen molar-refractivity contribution in [3.05, 3.63) is 41.9 Å². The van der Waals surface area contributed by atoms with Gasteiger partial charge in [-0.25, -0.2) is 4.79 Å². The van der Waals surface area contributed by atoms with Crippen molar-refractivity contribution in [1.29, 1.82) is 0 Å². The molecule has 3 nitrogen and oxygen atoms in total. The molecule has 1 atom stereocenters. The van der Waals surface area contributed by atoms with E-state index in [4.69, 9.17) is 11.6 Å². The van der Waals surface area contributed by atoms with Gasteiger partial charge in [0.1, 0.15) is 0 Å². The summed E-state index contributed by atoms with van der Waals surface area (Å²) in [5.74, 6) is 0. The summed E-state index contributed by atoms with van der Waals surface area (Å²) in [5, 5.41) is 0.627. The fourth-order valence-corrected chi connectivity index (χ4v) is 2.47. The van der Waals surface area contributed by atoms with Gasteiger partial charge in [0.05, 0.1) is 6.04 Å². The van der Waals surface area contributed by atoms with Gasteiger partial charge < -0.3 is 4.90 Å². The zero-order valence-electron chi connectivity index (χ0n) is 11.6. The van der Waals surface area contributed by atoms with E-state index in [1.54, 1.807) is 11.0 Å². The molecule has 1 aliphatic rings. The van der Waals surface area contributed by atoms with Gasteiger partial charge in [-0.15, -0.1) is 6.58 Å². The van der Waals surface area contributed by atoms with Gasteiger partial charge in [-0.2, -0.15) is 0 Å². The molecule has 1 aromatic rings. The third-order valence-corrected chi connectivity index (χ3v) is 3.54. The van der Waals surface area contributed by atoms with Crippen molar-refractivity contribution in [3.63, 3.8) is 0 Å². The van der Waals surface area contributed by atoms with E-state index in [1.165, 1.54) is 0 Å². The molecule has 1 saturated heterocycles. The number of halogens is 1. The Labute approximate surface area is 119 Å². The lowest BCUT2D eigenvalue weighted by molar-refractivity contribution is 0.172. The predicted octanol–water partition coefficient (Wildman–Crippen LogP) is 3.94. The van der Waals surface area contributed by atoms with Crippen molar-refractivity contribution in [2.24, 2.45) is 0 Å². The number of hydrogen-bond donors (Lipinski definition) is 0. The van der Waals surface area contributed by atoms with Gasteiger partial charge in [0.25, 0.3) is 0 Å². The van der Waals surface area contributed by atoms with Crippen molar-refractivity contribution in [2.75, 3.05) is 11.4 Å². The summed E-state index contributed by atoms with van der Waals surface area (Å²) < 4.78 is 0. The molecule has 2 rings (SSSR count). The average Bonchev–Trinajstić information content (AvgIpc) is 2.66. The summed E-state index contributed by atoms with van der Waals surface area (Å²) in [7, 11) is 0. The maximum atomic E-state index is 12.6. The van der Waals surface area contributed by atoms with Crippen LogP contribution in [0.5, 0.6) is 0 Å². The maximum absolute atomic E-state index is 12.6. The summed E-state index contributed by atoms with van der Waals surface area (Å²) in [6, 6.07) is 7.33. The minimum Gasteiger partial charge on any atom is -0.317 e. The van der Waals surface area contributed by atoms with Gasteiger partial charge in [-0.1, -0.05) is 23.7 Å². The Hall–Kier alpha value is -1.48. The van der Waals surface area contributed by atoms with Crippen LogP contribution in [0.1, 0.15) is 20.8 Å². The van der Waals surface area contributed by atoms with Gasteiger partial charge in [-0.3, -0.25) is 4.90 Å². The lowest BCUT2D eigenvalue weighted by Crippen LogP contribution is -2.44. The van der Waals surface area contributed by atoms with Crippen molar-refractivity contribution in [2.45, 2.75) is 32.4 Å².